The fourth-order valence-electron chi connectivity index (χ4n) is 1.89. The van der Waals surface area contributed by atoms with Gasteiger partial charge >= 0.3 is 6.18 Å². The Morgan fingerprint density at radius 1 is 1.30 bits per heavy atom. The first-order chi connectivity index (χ1) is 10.7. The van der Waals surface area contributed by atoms with Crippen molar-refractivity contribution in [2.24, 2.45) is 5.73 Å². The molecule has 4 N–H and O–H groups in total. The van der Waals surface area contributed by atoms with Crippen molar-refractivity contribution < 1.29 is 18.3 Å². The van der Waals surface area contributed by atoms with Crippen LogP contribution in [0.15, 0.2) is 18.2 Å². The molecule has 0 bridgehead atoms. The molecular formula is C14H16F3N5O. The van der Waals surface area contributed by atoms with Crippen LogP contribution >= 0.6 is 0 Å². The average molecular weight is 327 g/mol. The third kappa shape index (κ3) is 4.07. The van der Waals surface area contributed by atoms with Crippen LogP contribution in [-0.4, -0.2) is 32.9 Å². The number of aromatic hydroxyl groups is 1. The molecule has 0 aliphatic rings. The monoisotopic (exact) mass is 327 g/mol. The number of nitrogens with zero attached hydrogens (tertiary/aromatic N) is 3. The largest absolute Gasteiger partial charge is 0.507 e. The Balaban J connectivity index is 2.32. The number of aryl methyl sites for hydroxylation is 1. The van der Waals surface area contributed by atoms with Crippen LogP contribution in [0.25, 0.3) is 11.3 Å². The number of rotatable bonds is 4. The second-order valence-corrected chi connectivity index (χ2v) is 5.16. The van der Waals surface area contributed by atoms with Crippen molar-refractivity contribution in [2.75, 3.05) is 11.9 Å². The number of phenolic OH excluding ortho intramolecular Hbond substituents is 1. The van der Waals surface area contributed by atoms with Gasteiger partial charge < -0.3 is 16.2 Å². The first-order valence-electron chi connectivity index (χ1n) is 6.80. The van der Waals surface area contributed by atoms with Crippen molar-refractivity contribution in [1.29, 1.82) is 0 Å². The molecular weight excluding hydrogens is 311 g/mol. The van der Waals surface area contributed by atoms with E-state index in [4.69, 9.17) is 5.73 Å². The Bertz CT molecular complexity index is 703. The summed E-state index contributed by atoms with van der Waals surface area (Å²) in [7, 11) is 0. The number of benzene rings is 1. The highest BCUT2D eigenvalue weighted by atomic mass is 19.4. The fourth-order valence-corrected chi connectivity index (χ4v) is 1.89. The summed E-state index contributed by atoms with van der Waals surface area (Å²) >= 11 is 0. The van der Waals surface area contributed by atoms with E-state index in [0.717, 1.165) is 12.1 Å². The molecule has 1 unspecified atom stereocenters. The predicted octanol–water partition coefficient (Wildman–Crippen LogP) is 2.33. The smallest absolute Gasteiger partial charge is 0.416 e. The third-order valence-electron chi connectivity index (χ3n) is 3.02. The molecule has 0 amide bonds. The number of aromatic nitrogens is 3. The van der Waals surface area contributed by atoms with Gasteiger partial charge in [-0.2, -0.15) is 13.2 Å². The second-order valence-electron chi connectivity index (χ2n) is 5.16. The summed E-state index contributed by atoms with van der Waals surface area (Å²) < 4.78 is 37.8. The van der Waals surface area contributed by atoms with Gasteiger partial charge in [-0.05, 0) is 32.0 Å². The number of nitrogens with two attached hydrogens (primary N) is 1. The minimum Gasteiger partial charge on any atom is -0.507 e. The molecule has 0 saturated heterocycles. The number of phenols is 1. The van der Waals surface area contributed by atoms with E-state index in [1.165, 1.54) is 0 Å². The molecule has 6 nitrogen and oxygen atoms in total. The van der Waals surface area contributed by atoms with Crippen molar-refractivity contribution in [2.45, 2.75) is 26.1 Å². The lowest BCUT2D eigenvalue weighted by Crippen LogP contribution is -2.26. The molecule has 2 rings (SSSR count). The Morgan fingerprint density at radius 2 is 2.00 bits per heavy atom. The number of hydrogen-bond acceptors (Lipinski definition) is 6. The topological polar surface area (TPSA) is 97.0 Å². The lowest BCUT2D eigenvalue weighted by atomic mass is 10.1. The zero-order valence-corrected chi connectivity index (χ0v) is 12.5. The van der Waals surface area contributed by atoms with Gasteiger partial charge in [0.05, 0.1) is 11.3 Å². The van der Waals surface area contributed by atoms with Crippen LogP contribution in [0.4, 0.5) is 19.1 Å². The Hall–Kier alpha value is -2.42. The molecule has 2 aromatic rings. The van der Waals surface area contributed by atoms with E-state index in [9.17, 15) is 18.3 Å². The number of halogens is 3. The number of anilines is 1. The summed E-state index contributed by atoms with van der Waals surface area (Å²) in [5.74, 6) is -0.273. The van der Waals surface area contributed by atoms with Gasteiger partial charge in [-0.3, -0.25) is 0 Å². The minimum absolute atomic E-state index is 0.0995. The van der Waals surface area contributed by atoms with Crippen LogP contribution in [-0.2, 0) is 6.18 Å². The third-order valence-corrected chi connectivity index (χ3v) is 3.02. The van der Waals surface area contributed by atoms with Crippen LogP contribution in [0.3, 0.4) is 0 Å². The molecule has 1 aromatic heterocycles. The first-order valence-corrected chi connectivity index (χ1v) is 6.80. The summed E-state index contributed by atoms with van der Waals surface area (Å²) in [6.45, 7) is 3.88. The molecule has 9 heteroatoms. The zero-order valence-electron chi connectivity index (χ0n) is 12.5. The van der Waals surface area contributed by atoms with E-state index in [1.807, 2.05) is 6.92 Å². The van der Waals surface area contributed by atoms with E-state index < -0.39 is 17.5 Å². The van der Waals surface area contributed by atoms with E-state index >= 15 is 0 Å². The highest BCUT2D eigenvalue weighted by Crippen LogP contribution is 2.36. The maximum atomic E-state index is 12.6. The molecule has 124 valence electrons. The van der Waals surface area contributed by atoms with Gasteiger partial charge in [-0.15, -0.1) is 10.2 Å². The SMILES string of the molecule is Cc1nc(NCC(C)N)nnc1-c1ccc(C(F)(F)F)cc1O. The molecule has 1 atom stereocenters. The molecule has 23 heavy (non-hydrogen) atoms. The van der Waals surface area contributed by atoms with Gasteiger partial charge in [0.2, 0.25) is 5.95 Å². The molecule has 0 fully saturated rings. The quantitative estimate of drug-likeness (QED) is 0.797. The Morgan fingerprint density at radius 3 is 2.52 bits per heavy atom. The van der Waals surface area contributed by atoms with Gasteiger partial charge in [-0.25, -0.2) is 4.98 Å². The fraction of sp³-hybridized carbons (Fsp3) is 0.357. The molecule has 0 spiro atoms. The molecule has 1 aromatic carbocycles. The summed E-state index contributed by atoms with van der Waals surface area (Å²) in [5.41, 5.74) is 5.43. The van der Waals surface area contributed by atoms with E-state index in [-0.39, 0.29) is 23.2 Å². The summed E-state index contributed by atoms with van der Waals surface area (Å²) in [5, 5.41) is 20.5. The number of alkyl halides is 3. The zero-order chi connectivity index (χ0) is 17.2. The predicted molar refractivity (Wildman–Crippen MR) is 78.8 cm³/mol. The van der Waals surface area contributed by atoms with E-state index in [1.54, 1.807) is 6.92 Å². The average Bonchev–Trinajstić information content (AvgIpc) is 2.44. The normalized spacial score (nSPS) is 13.0. The molecule has 1 heterocycles. The van der Waals surface area contributed by atoms with Gasteiger partial charge in [0.1, 0.15) is 11.4 Å². The van der Waals surface area contributed by atoms with Crippen molar-refractivity contribution in [3.63, 3.8) is 0 Å². The second kappa shape index (κ2) is 6.37. The summed E-state index contributed by atoms with van der Waals surface area (Å²) in [6.07, 6.45) is -4.53. The van der Waals surface area contributed by atoms with Crippen LogP contribution in [0.5, 0.6) is 5.75 Å². The highest BCUT2D eigenvalue weighted by Gasteiger charge is 2.31. The van der Waals surface area contributed by atoms with Crippen molar-refractivity contribution in [1.82, 2.24) is 15.2 Å². The molecule has 0 saturated carbocycles. The van der Waals surface area contributed by atoms with Crippen molar-refractivity contribution in [3.8, 4) is 17.0 Å². The maximum absolute atomic E-state index is 12.6. The molecule has 0 aliphatic heterocycles. The van der Waals surface area contributed by atoms with Crippen molar-refractivity contribution >= 4 is 5.95 Å². The molecule has 0 radical (unpaired) electrons. The number of hydrogen-bond donors (Lipinski definition) is 3. The summed E-state index contributed by atoms with van der Waals surface area (Å²) in [6, 6.07) is 2.57. The van der Waals surface area contributed by atoms with E-state index in [0.29, 0.717) is 18.3 Å². The van der Waals surface area contributed by atoms with E-state index in [2.05, 4.69) is 20.5 Å². The van der Waals surface area contributed by atoms with Crippen LogP contribution in [0, 0.1) is 6.92 Å². The van der Waals surface area contributed by atoms with Gasteiger partial charge in [0.15, 0.2) is 0 Å². The number of nitrogens with one attached hydrogen (secondary N) is 1. The highest BCUT2D eigenvalue weighted by molar-refractivity contribution is 5.69. The Kier molecular flexibility index (Phi) is 4.69. The standard InChI is InChI=1S/C14H16F3N5O/c1-7(18)6-19-13-20-8(2)12(21-22-13)10-4-3-9(5-11(10)23)14(15,16)17/h3-5,7,23H,6,18H2,1-2H3,(H,19,20,22). The minimum atomic E-state index is -4.53. The van der Waals surface area contributed by atoms with Gasteiger partial charge in [-0.1, -0.05) is 0 Å². The lowest BCUT2D eigenvalue weighted by Gasteiger charge is -2.12. The Labute approximate surface area is 130 Å². The summed E-state index contributed by atoms with van der Waals surface area (Å²) in [4.78, 5) is 4.16. The maximum Gasteiger partial charge on any atom is 0.416 e. The molecule has 0 aliphatic carbocycles. The van der Waals surface area contributed by atoms with Crippen LogP contribution in [0.2, 0.25) is 0 Å². The van der Waals surface area contributed by atoms with Gasteiger partial charge in [0, 0.05) is 18.2 Å². The van der Waals surface area contributed by atoms with Gasteiger partial charge in [0.25, 0.3) is 0 Å². The first kappa shape index (κ1) is 16.9. The lowest BCUT2D eigenvalue weighted by molar-refractivity contribution is -0.137. The van der Waals surface area contributed by atoms with Crippen molar-refractivity contribution in [3.05, 3.63) is 29.5 Å². The van der Waals surface area contributed by atoms with Crippen LogP contribution < -0.4 is 11.1 Å². The van der Waals surface area contributed by atoms with Crippen LogP contribution in [0.1, 0.15) is 18.2 Å².